The van der Waals surface area contributed by atoms with Gasteiger partial charge in [0.15, 0.2) is 0 Å². The predicted octanol–water partition coefficient (Wildman–Crippen LogP) is 0.109. The van der Waals surface area contributed by atoms with Crippen LogP contribution < -0.4 is 16.0 Å². The van der Waals surface area contributed by atoms with E-state index in [1.165, 1.54) is 0 Å². The summed E-state index contributed by atoms with van der Waals surface area (Å²) >= 11 is 0. The molecule has 0 radical (unpaired) electrons. The first-order valence-electron chi connectivity index (χ1n) is 6.12. The van der Waals surface area contributed by atoms with E-state index in [4.69, 9.17) is 0 Å². The van der Waals surface area contributed by atoms with Crippen molar-refractivity contribution in [2.75, 3.05) is 6.54 Å². The molecule has 0 fully saturated rings. The Bertz CT molecular complexity index is 432. The molecule has 1 aromatic rings. The number of hydrogen-bond acceptors (Lipinski definition) is 5. The Kier molecular flexibility index (Phi) is 5.87. The lowest BCUT2D eigenvalue weighted by molar-refractivity contribution is -0.121. The van der Waals surface area contributed by atoms with Gasteiger partial charge in [-0.25, -0.2) is 4.79 Å². The van der Waals surface area contributed by atoms with E-state index in [1.807, 2.05) is 6.92 Å². The Morgan fingerprint density at radius 1 is 1.32 bits per heavy atom. The quantitative estimate of drug-likeness (QED) is 0.702. The third kappa shape index (κ3) is 5.43. The molecule has 1 rings (SSSR count). The summed E-state index contributed by atoms with van der Waals surface area (Å²) in [4.78, 5) is 31.1. The van der Waals surface area contributed by atoms with Crippen LogP contribution in [0.5, 0.6) is 0 Å². The van der Waals surface area contributed by atoms with Gasteiger partial charge in [-0.3, -0.25) is 20.1 Å². The number of rotatable bonds is 5. The summed E-state index contributed by atoms with van der Waals surface area (Å²) in [5, 5.41) is 7.70. The molecule has 0 saturated carbocycles. The first-order chi connectivity index (χ1) is 9.02. The van der Waals surface area contributed by atoms with E-state index in [2.05, 4.69) is 25.9 Å². The SMILES string of the molecule is CCNC(=O)NC(=O)C(C)NCc1cnc(C)cn1. The molecule has 1 heterocycles. The van der Waals surface area contributed by atoms with Crippen LogP contribution in [0.4, 0.5) is 4.79 Å². The minimum atomic E-state index is -0.495. The molecule has 1 unspecified atom stereocenters. The van der Waals surface area contributed by atoms with Gasteiger partial charge in [-0.15, -0.1) is 0 Å². The summed E-state index contributed by atoms with van der Waals surface area (Å²) in [5.74, 6) is -0.383. The molecule has 7 nitrogen and oxygen atoms in total. The molecule has 3 N–H and O–H groups in total. The average Bonchev–Trinajstić information content (AvgIpc) is 2.37. The maximum atomic E-state index is 11.6. The number of carbonyl (C=O) groups excluding carboxylic acids is 2. The highest BCUT2D eigenvalue weighted by molar-refractivity contribution is 5.96. The summed E-state index contributed by atoms with van der Waals surface area (Å²) in [5.41, 5.74) is 1.58. The van der Waals surface area contributed by atoms with Gasteiger partial charge in [0.1, 0.15) is 0 Å². The van der Waals surface area contributed by atoms with Crippen molar-refractivity contribution in [1.29, 1.82) is 0 Å². The van der Waals surface area contributed by atoms with Crippen LogP contribution in [0.3, 0.4) is 0 Å². The van der Waals surface area contributed by atoms with E-state index in [1.54, 1.807) is 26.2 Å². The van der Waals surface area contributed by atoms with Crippen molar-refractivity contribution in [2.24, 2.45) is 0 Å². The second-order valence-electron chi connectivity index (χ2n) is 4.10. The van der Waals surface area contributed by atoms with Crippen LogP contribution >= 0.6 is 0 Å². The molecule has 0 aliphatic heterocycles. The number of carbonyl (C=O) groups is 2. The van der Waals surface area contributed by atoms with Crippen molar-refractivity contribution < 1.29 is 9.59 Å². The van der Waals surface area contributed by atoms with E-state index in [0.29, 0.717) is 13.1 Å². The minimum Gasteiger partial charge on any atom is -0.338 e. The number of aromatic nitrogens is 2. The van der Waals surface area contributed by atoms with Crippen molar-refractivity contribution in [3.8, 4) is 0 Å². The maximum Gasteiger partial charge on any atom is 0.321 e. The van der Waals surface area contributed by atoms with E-state index in [-0.39, 0.29) is 5.91 Å². The number of nitrogens with zero attached hydrogens (tertiary/aromatic N) is 2. The molecule has 0 saturated heterocycles. The molecular weight excluding hydrogens is 246 g/mol. The number of aryl methyl sites for hydroxylation is 1. The van der Waals surface area contributed by atoms with Gasteiger partial charge in [-0.05, 0) is 20.8 Å². The highest BCUT2D eigenvalue weighted by Gasteiger charge is 2.14. The topological polar surface area (TPSA) is 96.0 Å². The standard InChI is InChI=1S/C12H19N5O2/c1-4-13-12(19)17-11(18)9(3)15-7-10-6-14-8(2)5-16-10/h5-6,9,15H,4,7H2,1-3H3,(H2,13,17,18,19). The lowest BCUT2D eigenvalue weighted by atomic mass is 10.3. The summed E-state index contributed by atoms with van der Waals surface area (Å²) in [6.07, 6.45) is 3.31. The van der Waals surface area contributed by atoms with Gasteiger partial charge in [0.2, 0.25) is 5.91 Å². The van der Waals surface area contributed by atoms with Gasteiger partial charge < -0.3 is 10.6 Å². The van der Waals surface area contributed by atoms with E-state index >= 15 is 0 Å². The van der Waals surface area contributed by atoms with Gasteiger partial charge in [-0.1, -0.05) is 0 Å². The minimum absolute atomic E-state index is 0.383. The van der Waals surface area contributed by atoms with Crippen LogP contribution in [0, 0.1) is 6.92 Å². The van der Waals surface area contributed by atoms with Gasteiger partial charge >= 0.3 is 6.03 Å². The monoisotopic (exact) mass is 265 g/mol. The van der Waals surface area contributed by atoms with Crippen molar-refractivity contribution in [3.05, 3.63) is 23.8 Å². The fraction of sp³-hybridized carbons (Fsp3) is 0.500. The van der Waals surface area contributed by atoms with Crippen LogP contribution in [0.2, 0.25) is 0 Å². The van der Waals surface area contributed by atoms with Crippen molar-refractivity contribution in [2.45, 2.75) is 33.4 Å². The number of hydrogen-bond donors (Lipinski definition) is 3. The molecule has 7 heteroatoms. The normalized spacial score (nSPS) is 11.7. The van der Waals surface area contributed by atoms with Crippen LogP contribution in [-0.4, -0.2) is 34.5 Å². The fourth-order valence-corrected chi connectivity index (χ4v) is 1.29. The molecule has 0 bridgehead atoms. The van der Waals surface area contributed by atoms with E-state index < -0.39 is 12.1 Å². The maximum absolute atomic E-state index is 11.6. The first kappa shape index (κ1) is 15.0. The largest absolute Gasteiger partial charge is 0.338 e. The molecule has 1 aromatic heterocycles. The number of amides is 3. The third-order valence-electron chi connectivity index (χ3n) is 2.39. The van der Waals surface area contributed by atoms with E-state index in [0.717, 1.165) is 11.4 Å². The summed E-state index contributed by atoms with van der Waals surface area (Å²) in [7, 11) is 0. The Labute approximate surface area is 112 Å². The van der Waals surface area contributed by atoms with Gasteiger partial charge in [0.25, 0.3) is 0 Å². The van der Waals surface area contributed by atoms with Crippen molar-refractivity contribution in [1.82, 2.24) is 25.9 Å². The zero-order valence-electron chi connectivity index (χ0n) is 11.4. The van der Waals surface area contributed by atoms with Gasteiger partial charge in [0, 0.05) is 25.5 Å². The lowest BCUT2D eigenvalue weighted by Gasteiger charge is -2.13. The van der Waals surface area contributed by atoms with Crippen molar-refractivity contribution >= 4 is 11.9 Å². The highest BCUT2D eigenvalue weighted by Crippen LogP contribution is 1.94. The highest BCUT2D eigenvalue weighted by atomic mass is 16.2. The zero-order chi connectivity index (χ0) is 14.3. The van der Waals surface area contributed by atoms with Gasteiger partial charge in [-0.2, -0.15) is 0 Å². The van der Waals surface area contributed by atoms with Crippen LogP contribution in [0.15, 0.2) is 12.4 Å². The summed E-state index contributed by atoms with van der Waals surface area (Å²) in [6.45, 7) is 6.20. The molecule has 0 spiro atoms. The molecule has 19 heavy (non-hydrogen) atoms. The first-order valence-corrected chi connectivity index (χ1v) is 6.12. The smallest absolute Gasteiger partial charge is 0.321 e. The van der Waals surface area contributed by atoms with Crippen LogP contribution in [-0.2, 0) is 11.3 Å². The Balaban J connectivity index is 2.38. The van der Waals surface area contributed by atoms with Gasteiger partial charge in [0.05, 0.1) is 17.4 Å². The molecule has 1 atom stereocenters. The third-order valence-corrected chi connectivity index (χ3v) is 2.39. The molecule has 0 aromatic carbocycles. The molecule has 0 aliphatic rings. The fourth-order valence-electron chi connectivity index (χ4n) is 1.29. The molecule has 3 amide bonds. The molecular formula is C12H19N5O2. The molecule has 0 aliphatic carbocycles. The molecule has 104 valence electrons. The Morgan fingerprint density at radius 3 is 2.63 bits per heavy atom. The van der Waals surface area contributed by atoms with E-state index in [9.17, 15) is 9.59 Å². The predicted molar refractivity (Wildman–Crippen MR) is 70.3 cm³/mol. The van der Waals surface area contributed by atoms with Crippen molar-refractivity contribution in [3.63, 3.8) is 0 Å². The summed E-state index contributed by atoms with van der Waals surface area (Å²) in [6, 6.07) is -0.984. The second kappa shape index (κ2) is 7.42. The number of urea groups is 1. The summed E-state index contributed by atoms with van der Waals surface area (Å²) < 4.78 is 0. The Morgan fingerprint density at radius 2 is 2.05 bits per heavy atom. The second-order valence-corrected chi connectivity index (χ2v) is 4.10. The van der Waals surface area contributed by atoms with Crippen LogP contribution in [0.1, 0.15) is 25.2 Å². The zero-order valence-corrected chi connectivity index (χ0v) is 11.4. The number of nitrogens with one attached hydrogen (secondary N) is 3. The lowest BCUT2D eigenvalue weighted by Crippen LogP contribution is -2.47. The van der Waals surface area contributed by atoms with Crippen LogP contribution in [0.25, 0.3) is 0 Å². The number of imide groups is 1. The average molecular weight is 265 g/mol. The Hall–Kier alpha value is -2.02.